The van der Waals surface area contributed by atoms with E-state index in [-0.39, 0.29) is 47.2 Å². The van der Waals surface area contributed by atoms with Gasteiger partial charge in [0.05, 0.1) is 24.5 Å². The van der Waals surface area contributed by atoms with Gasteiger partial charge in [-0.25, -0.2) is 0 Å². The van der Waals surface area contributed by atoms with Crippen molar-refractivity contribution in [1.82, 2.24) is 0 Å². The van der Waals surface area contributed by atoms with Gasteiger partial charge in [0, 0.05) is 5.41 Å². The minimum absolute atomic E-state index is 0.0555. The van der Waals surface area contributed by atoms with E-state index >= 15 is 0 Å². The number of esters is 1. The molecule has 0 bridgehead atoms. The van der Waals surface area contributed by atoms with E-state index < -0.39 is 28.7 Å². The van der Waals surface area contributed by atoms with Crippen molar-refractivity contribution in [2.75, 3.05) is 0 Å². The van der Waals surface area contributed by atoms with Gasteiger partial charge < -0.3 is 24.8 Å². The van der Waals surface area contributed by atoms with Crippen LogP contribution in [0.25, 0.3) is 0 Å². The number of aliphatic hydroxyl groups excluding tert-OH is 1. The summed E-state index contributed by atoms with van der Waals surface area (Å²) in [5.41, 5.74) is -0.936. The van der Waals surface area contributed by atoms with Crippen LogP contribution in [0.1, 0.15) is 126 Å². The third-order valence-electron chi connectivity index (χ3n) is 13.8. The molecule has 1 heterocycles. The van der Waals surface area contributed by atoms with Crippen molar-refractivity contribution in [3.8, 4) is 0 Å². The second-order valence-corrected chi connectivity index (χ2v) is 16.8. The number of rotatable bonds is 9. The van der Waals surface area contributed by atoms with Crippen LogP contribution in [0.3, 0.4) is 0 Å². The Morgan fingerprint density at radius 1 is 1.02 bits per heavy atom. The van der Waals surface area contributed by atoms with Gasteiger partial charge in [0.2, 0.25) is 5.79 Å². The van der Waals surface area contributed by atoms with Gasteiger partial charge in [-0.15, -0.1) is 0 Å². The van der Waals surface area contributed by atoms with E-state index in [9.17, 15) is 19.8 Å². The molecule has 1 aliphatic heterocycles. The fourth-order valence-corrected chi connectivity index (χ4v) is 11.6. The summed E-state index contributed by atoms with van der Waals surface area (Å²) in [6.07, 6.45) is 8.06. The third-order valence-corrected chi connectivity index (χ3v) is 13.8. The second kappa shape index (κ2) is 9.92. The van der Waals surface area contributed by atoms with Gasteiger partial charge in [0.15, 0.2) is 0 Å². The van der Waals surface area contributed by atoms with Crippen LogP contribution in [-0.2, 0) is 19.1 Å². The van der Waals surface area contributed by atoms with Gasteiger partial charge in [-0.1, -0.05) is 54.4 Å². The van der Waals surface area contributed by atoms with Crippen LogP contribution < -0.4 is 0 Å². The highest BCUT2D eigenvalue weighted by Gasteiger charge is 2.80. The van der Waals surface area contributed by atoms with E-state index in [4.69, 9.17) is 14.6 Å². The van der Waals surface area contributed by atoms with Crippen LogP contribution in [0.5, 0.6) is 0 Å². The zero-order valence-electron chi connectivity index (χ0n) is 26.8. The molecule has 41 heavy (non-hydrogen) atoms. The monoisotopic (exact) mass is 576 g/mol. The van der Waals surface area contributed by atoms with E-state index in [2.05, 4.69) is 41.5 Å². The highest BCUT2D eigenvalue weighted by molar-refractivity contribution is 5.77. The summed E-state index contributed by atoms with van der Waals surface area (Å²) in [4.78, 5) is 23.7. The Labute approximate surface area is 247 Å². The molecule has 0 aromatic rings. The molecule has 0 radical (unpaired) electrons. The molecule has 0 spiro atoms. The molecule has 3 N–H and O–H groups in total. The van der Waals surface area contributed by atoms with Crippen molar-refractivity contribution in [2.45, 2.75) is 150 Å². The molecule has 7 nitrogen and oxygen atoms in total. The lowest BCUT2D eigenvalue weighted by atomic mass is 9.35. The Morgan fingerprint density at radius 3 is 2.32 bits per heavy atom. The molecule has 0 aromatic carbocycles. The average Bonchev–Trinajstić information content (AvgIpc) is 3.40. The maximum Gasteiger partial charge on any atom is 0.309 e. The summed E-state index contributed by atoms with van der Waals surface area (Å²) in [5.74, 6) is -0.535. The van der Waals surface area contributed by atoms with E-state index in [1.54, 1.807) is 0 Å². The lowest BCUT2D eigenvalue weighted by Crippen LogP contribution is -2.67. The van der Waals surface area contributed by atoms with E-state index in [0.29, 0.717) is 23.7 Å². The Bertz CT molecular complexity index is 1050. The third kappa shape index (κ3) is 4.70. The van der Waals surface area contributed by atoms with E-state index in [1.807, 2.05) is 13.8 Å². The summed E-state index contributed by atoms with van der Waals surface area (Å²) in [6, 6.07) is 0. The quantitative estimate of drug-likeness (QED) is 0.217. The van der Waals surface area contributed by atoms with E-state index in [0.717, 1.165) is 57.8 Å². The Kier molecular flexibility index (Phi) is 7.56. The molecule has 5 aliphatic rings. The first kappa shape index (κ1) is 31.3. The van der Waals surface area contributed by atoms with E-state index in [1.165, 1.54) is 0 Å². The summed E-state index contributed by atoms with van der Waals surface area (Å²) >= 11 is 0. The SMILES string of the molecule is C[C@@H](CCCC(C)(C)O)[C@H]1CC[C@]2(C)[C@@H]1[C@H](O)C[C@@H]1[C@@]3(C)CC4OC4(OC(=O)CCC(=O)O)C(C)(C)C3CC[C@]12C. The van der Waals surface area contributed by atoms with Crippen molar-refractivity contribution >= 4 is 11.9 Å². The molecule has 5 rings (SSSR count). The summed E-state index contributed by atoms with van der Waals surface area (Å²) in [7, 11) is 0. The molecule has 0 amide bonds. The smallest absolute Gasteiger partial charge is 0.309 e. The minimum atomic E-state index is -1.00. The number of epoxide rings is 1. The lowest BCUT2D eigenvalue weighted by molar-refractivity contribution is -0.249. The predicted molar refractivity (Wildman–Crippen MR) is 156 cm³/mol. The number of carboxylic acid groups (broad SMARTS) is 1. The van der Waals surface area contributed by atoms with Crippen molar-refractivity contribution in [3.05, 3.63) is 0 Å². The summed E-state index contributed by atoms with van der Waals surface area (Å²) in [6.45, 7) is 17.9. The first-order valence-corrected chi connectivity index (χ1v) is 16.3. The topological polar surface area (TPSA) is 117 Å². The molecule has 234 valence electrons. The summed E-state index contributed by atoms with van der Waals surface area (Å²) in [5, 5.41) is 31.2. The van der Waals surface area contributed by atoms with Crippen LogP contribution in [0.2, 0.25) is 0 Å². The molecular formula is C34H56O7. The van der Waals surface area contributed by atoms with Crippen molar-refractivity contribution < 1.29 is 34.4 Å². The Morgan fingerprint density at radius 2 is 1.68 bits per heavy atom. The largest absolute Gasteiger partial charge is 0.481 e. The number of hydrogen-bond donors (Lipinski definition) is 3. The maximum atomic E-state index is 12.7. The molecule has 11 atom stereocenters. The molecule has 7 heteroatoms. The molecule has 0 aromatic heterocycles. The van der Waals surface area contributed by atoms with Gasteiger partial charge in [-0.05, 0) is 105 Å². The fraction of sp³-hybridized carbons (Fsp3) is 0.941. The molecule has 5 fully saturated rings. The first-order chi connectivity index (χ1) is 18.8. The lowest BCUT2D eigenvalue weighted by Gasteiger charge is -2.69. The molecule has 1 saturated heterocycles. The van der Waals surface area contributed by atoms with Gasteiger partial charge >= 0.3 is 11.9 Å². The summed E-state index contributed by atoms with van der Waals surface area (Å²) < 4.78 is 12.3. The number of carboxylic acids is 1. The number of aliphatic carboxylic acids is 1. The van der Waals surface area contributed by atoms with Crippen molar-refractivity contribution in [3.63, 3.8) is 0 Å². The standard InChI is InChI=1S/C34H56O7/c1-20(10-9-15-29(2,3)39)21-13-16-33(8)28(21)22(35)18-24-31(6)19-25-34(40-25,41-27(38)12-11-26(36)37)30(4,5)23(31)14-17-32(24,33)7/h20-25,28,35,39H,9-19H2,1-8H3,(H,36,37)/t20-,21+,22+,23?,24+,25?,28-,31-,32+,33+,34?/m0/s1. The zero-order valence-corrected chi connectivity index (χ0v) is 26.8. The Hall–Kier alpha value is -1.18. The van der Waals surface area contributed by atoms with Gasteiger partial charge in [-0.3, -0.25) is 9.59 Å². The number of carbonyl (C=O) groups excluding carboxylic acids is 1. The van der Waals surface area contributed by atoms with Gasteiger partial charge in [0.1, 0.15) is 6.10 Å². The first-order valence-electron chi connectivity index (χ1n) is 16.3. The van der Waals surface area contributed by atoms with Gasteiger partial charge in [-0.2, -0.15) is 0 Å². The molecule has 4 saturated carbocycles. The number of hydrogen-bond acceptors (Lipinski definition) is 6. The maximum absolute atomic E-state index is 12.7. The minimum Gasteiger partial charge on any atom is -0.481 e. The molecular weight excluding hydrogens is 520 g/mol. The van der Waals surface area contributed by atoms with Crippen LogP contribution in [0.15, 0.2) is 0 Å². The highest BCUT2D eigenvalue weighted by Crippen LogP contribution is 2.78. The average molecular weight is 577 g/mol. The highest BCUT2D eigenvalue weighted by atomic mass is 16.8. The van der Waals surface area contributed by atoms with Crippen molar-refractivity contribution in [1.29, 1.82) is 0 Å². The zero-order chi connectivity index (χ0) is 30.4. The van der Waals surface area contributed by atoms with Crippen LogP contribution in [0, 0.1) is 51.2 Å². The van der Waals surface area contributed by atoms with Crippen LogP contribution in [-0.4, -0.2) is 50.9 Å². The molecule has 3 unspecified atom stereocenters. The predicted octanol–water partition coefficient (Wildman–Crippen LogP) is 6.33. The number of carbonyl (C=O) groups is 2. The fourth-order valence-electron chi connectivity index (χ4n) is 11.6. The number of aliphatic hydroxyl groups is 2. The number of fused-ring (bicyclic) bond motifs is 6. The van der Waals surface area contributed by atoms with Crippen molar-refractivity contribution in [2.24, 2.45) is 51.2 Å². The Balaban J connectivity index is 1.36. The number of ether oxygens (including phenoxy) is 2. The van der Waals surface area contributed by atoms with Crippen LogP contribution in [0.4, 0.5) is 0 Å². The second-order valence-electron chi connectivity index (χ2n) is 16.8. The normalized spacial score (nSPS) is 46.9. The van der Waals surface area contributed by atoms with Gasteiger partial charge in [0.25, 0.3) is 0 Å². The molecule has 4 aliphatic carbocycles. The van der Waals surface area contributed by atoms with Crippen LogP contribution >= 0.6 is 0 Å².